The van der Waals surface area contributed by atoms with Gasteiger partial charge in [0.05, 0.1) is 0 Å². The third kappa shape index (κ3) is 2.62. The van der Waals surface area contributed by atoms with E-state index in [0.29, 0.717) is 0 Å². The Kier molecular flexibility index (Phi) is 4.48. The molecule has 0 aromatic heterocycles. The molecular formula is C14H22FN. The van der Waals surface area contributed by atoms with E-state index < -0.39 is 0 Å². The van der Waals surface area contributed by atoms with Crippen molar-refractivity contribution in [1.82, 2.24) is 4.90 Å². The minimum absolute atomic E-state index is 0.0472. The molecule has 0 bridgehead atoms. The van der Waals surface area contributed by atoms with E-state index in [-0.39, 0.29) is 11.7 Å². The molecule has 0 N–H and O–H groups in total. The Morgan fingerprint density at radius 1 is 1.12 bits per heavy atom. The van der Waals surface area contributed by atoms with Crippen LogP contribution in [-0.4, -0.2) is 11.9 Å². The van der Waals surface area contributed by atoms with Gasteiger partial charge in [-0.1, -0.05) is 33.8 Å². The molecule has 2 rings (SSSR count). The van der Waals surface area contributed by atoms with Gasteiger partial charge >= 0.3 is 0 Å². The van der Waals surface area contributed by atoms with Gasteiger partial charge in [0.1, 0.15) is 5.82 Å². The molecule has 0 amide bonds. The van der Waals surface area contributed by atoms with E-state index in [0.717, 1.165) is 24.2 Å². The van der Waals surface area contributed by atoms with Crippen LogP contribution in [0.3, 0.4) is 0 Å². The molecule has 0 spiro atoms. The van der Waals surface area contributed by atoms with Gasteiger partial charge < -0.3 is 0 Å². The molecule has 2 heteroatoms. The molecule has 0 saturated carbocycles. The van der Waals surface area contributed by atoms with Crippen LogP contribution in [0.1, 0.15) is 50.3 Å². The maximum atomic E-state index is 13.6. The second-order valence-electron chi connectivity index (χ2n) is 4.47. The summed E-state index contributed by atoms with van der Waals surface area (Å²) in [7, 11) is 2.06. The molecule has 1 aromatic carbocycles. The molecule has 0 radical (unpaired) electrons. The molecule has 0 fully saturated rings. The molecule has 1 aromatic rings. The normalized spacial score (nSPS) is 14.7. The molecule has 0 saturated heterocycles. The van der Waals surface area contributed by atoms with E-state index in [1.807, 2.05) is 33.8 Å². The Labute approximate surface area is 98.3 Å². The Hall–Kier alpha value is -0.890. The van der Waals surface area contributed by atoms with Crippen LogP contribution in [0.15, 0.2) is 12.1 Å². The number of fused-ring (bicyclic) bond motifs is 1. The molecule has 0 unspecified atom stereocenters. The molecule has 1 aliphatic rings. The number of nitrogens with zero attached hydrogens (tertiary/aromatic N) is 1. The van der Waals surface area contributed by atoms with Gasteiger partial charge in [-0.25, -0.2) is 4.39 Å². The average molecular weight is 223 g/mol. The summed E-state index contributed by atoms with van der Waals surface area (Å²) < 4.78 is 13.6. The highest BCUT2D eigenvalue weighted by Gasteiger charge is 2.19. The molecule has 1 aliphatic heterocycles. The van der Waals surface area contributed by atoms with E-state index in [2.05, 4.69) is 11.9 Å². The minimum Gasteiger partial charge on any atom is -0.298 e. The number of benzene rings is 1. The molecule has 0 aliphatic carbocycles. The van der Waals surface area contributed by atoms with E-state index in [4.69, 9.17) is 0 Å². The lowest BCUT2D eigenvalue weighted by molar-refractivity contribution is 0.353. The van der Waals surface area contributed by atoms with Gasteiger partial charge in [0.25, 0.3) is 0 Å². The summed E-state index contributed by atoms with van der Waals surface area (Å²) in [4.78, 5) is 2.20. The third-order valence-corrected chi connectivity index (χ3v) is 2.82. The second-order valence-corrected chi connectivity index (χ2v) is 4.47. The largest absolute Gasteiger partial charge is 0.298 e. The second kappa shape index (κ2) is 5.44. The van der Waals surface area contributed by atoms with Crippen molar-refractivity contribution < 1.29 is 4.39 Å². The molecule has 0 atom stereocenters. The van der Waals surface area contributed by atoms with E-state index in [1.54, 1.807) is 6.07 Å². The predicted octanol–water partition coefficient (Wildman–Crippen LogP) is 3.92. The van der Waals surface area contributed by atoms with Gasteiger partial charge in [-0.15, -0.1) is 0 Å². The summed E-state index contributed by atoms with van der Waals surface area (Å²) in [5, 5.41) is 0. The number of halogens is 1. The zero-order chi connectivity index (χ0) is 12.3. The smallest absolute Gasteiger partial charge is 0.127 e. The summed E-state index contributed by atoms with van der Waals surface area (Å²) in [6.45, 7) is 9.90. The fraction of sp³-hybridized carbons (Fsp3) is 0.571. The van der Waals surface area contributed by atoms with Crippen molar-refractivity contribution in [3.05, 3.63) is 34.6 Å². The summed E-state index contributed by atoms with van der Waals surface area (Å²) in [6.07, 6.45) is 0. The standard InChI is InChI=1S/C12H16FN.C2H6/c1-8(2)11-4-9-6-14(3)7-10(9)5-12(11)13;1-2/h4-5,8H,6-7H2,1-3H3;1-2H3. The van der Waals surface area contributed by atoms with Crippen LogP contribution in [0.4, 0.5) is 4.39 Å². The van der Waals surface area contributed by atoms with Crippen molar-refractivity contribution in [2.45, 2.75) is 46.7 Å². The van der Waals surface area contributed by atoms with Gasteiger partial charge in [-0.2, -0.15) is 0 Å². The molecule has 90 valence electrons. The van der Waals surface area contributed by atoms with Gasteiger partial charge in [0.2, 0.25) is 0 Å². The van der Waals surface area contributed by atoms with Crippen LogP contribution in [0.25, 0.3) is 0 Å². The summed E-state index contributed by atoms with van der Waals surface area (Å²) in [5.74, 6) is 0.222. The summed E-state index contributed by atoms with van der Waals surface area (Å²) in [5.41, 5.74) is 3.28. The van der Waals surface area contributed by atoms with Crippen molar-refractivity contribution in [3.8, 4) is 0 Å². The summed E-state index contributed by atoms with van der Waals surface area (Å²) in [6, 6.07) is 3.73. The van der Waals surface area contributed by atoms with Crippen molar-refractivity contribution in [1.29, 1.82) is 0 Å². The third-order valence-electron chi connectivity index (χ3n) is 2.82. The van der Waals surface area contributed by atoms with Crippen molar-refractivity contribution >= 4 is 0 Å². The lowest BCUT2D eigenvalue weighted by Gasteiger charge is -2.09. The van der Waals surface area contributed by atoms with Gasteiger partial charge in [0.15, 0.2) is 0 Å². The van der Waals surface area contributed by atoms with Gasteiger partial charge in [0, 0.05) is 13.1 Å². The monoisotopic (exact) mass is 223 g/mol. The highest BCUT2D eigenvalue weighted by molar-refractivity contribution is 5.36. The van der Waals surface area contributed by atoms with Crippen LogP contribution >= 0.6 is 0 Å². The minimum atomic E-state index is -0.0472. The first kappa shape index (κ1) is 13.2. The SMILES string of the molecule is CC.CC(C)c1cc2c(cc1F)CN(C)C2. The number of hydrogen-bond donors (Lipinski definition) is 0. The Morgan fingerprint density at radius 3 is 2.12 bits per heavy atom. The fourth-order valence-corrected chi connectivity index (χ4v) is 2.05. The van der Waals surface area contributed by atoms with Crippen LogP contribution in [0.5, 0.6) is 0 Å². The molecule has 1 heterocycles. The average Bonchev–Trinajstić information content (AvgIpc) is 2.58. The summed E-state index contributed by atoms with van der Waals surface area (Å²) >= 11 is 0. The van der Waals surface area contributed by atoms with Crippen molar-refractivity contribution in [2.75, 3.05) is 7.05 Å². The zero-order valence-corrected chi connectivity index (χ0v) is 11.0. The van der Waals surface area contributed by atoms with Crippen LogP contribution in [-0.2, 0) is 13.1 Å². The highest BCUT2D eigenvalue weighted by Crippen LogP contribution is 2.27. The van der Waals surface area contributed by atoms with Crippen molar-refractivity contribution in [3.63, 3.8) is 0 Å². The zero-order valence-electron chi connectivity index (χ0n) is 11.0. The lowest BCUT2D eigenvalue weighted by atomic mass is 9.98. The Balaban J connectivity index is 0.000000606. The molecule has 16 heavy (non-hydrogen) atoms. The first-order valence-electron chi connectivity index (χ1n) is 6.07. The van der Waals surface area contributed by atoms with Crippen LogP contribution < -0.4 is 0 Å². The van der Waals surface area contributed by atoms with Crippen LogP contribution in [0.2, 0.25) is 0 Å². The Morgan fingerprint density at radius 2 is 1.62 bits per heavy atom. The van der Waals surface area contributed by atoms with Crippen LogP contribution in [0, 0.1) is 5.82 Å². The van der Waals surface area contributed by atoms with E-state index in [9.17, 15) is 4.39 Å². The topological polar surface area (TPSA) is 3.24 Å². The fourth-order valence-electron chi connectivity index (χ4n) is 2.05. The van der Waals surface area contributed by atoms with E-state index in [1.165, 1.54) is 5.56 Å². The van der Waals surface area contributed by atoms with E-state index >= 15 is 0 Å². The predicted molar refractivity (Wildman–Crippen MR) is 67.0 cm³/mol. The van der Waals surface area contributed by atoms with Crippen molar-refractivity contribution in [2.24, 2.45) is 0 Å². The number of rotatable bonds is 1. The molecule has 1 nitrogen and oxygen atoms in total. The lowest BCUT2D eigenvalue weighted by Crippen LogP contribution is -2.07. The first-order valence-corrected chi connectivity index (χ1v) is 6.07. The maximum absolute atomic E-state index is 13.6. The quantitative estimate of drug-likeness (QED) is 0.697. The maximum Gasteiger partial charge on any atom is 0.127 e. The Bertz CT molecular complexity index is 358. The molecular weight excluding hydrogens is 201 g/mol. The highest BCUT2D eigenvalue weighted by atomic mass is 19.1. The first-order chi connectivity index (χ1) is 7.58. The van der Waals surface area contributed by atoms with Gasteiger partial charge in [-0.05, 0) is 35.7 Å². The number of hydrogen-bond acceptors (Lipinski definition) is 1. The van der Waals surface area contributed by atoms with Gasteiger partial charge in [-0.3, -0.25) is 4.90 Å².